The molecular weight excluding hydrogens is 125 g/mol. The Morgan fingerprint density at radius 2 is 2.50 bits per heavy atom. The summed E-state index contributed by atoms with van der Waals surface area (Å²) in [6.45, 7) is 4.08. The van der Waals surface area contributed by atoms with Gasteiger partial charge in [0.2, 0.25) is 0 Å². The maximum absolute atomic E-state index is 3.95. The zero-order valence-electron chi connectivity index (χ0n) is 6.41. The molecule has 4 heteroatoms. The van der Waals surface area contributed by atoms with Crippen LogP contribution in [0, 0.1) is 0 Å². The van der Waals surface area contributed by atoms with Crippen molar-refractivity contribution >= 4 is 7.28 Å². The molecule has 10 heavy (non-hydrogen) atoms. The van der Waals surface area contributed by atoms with Crippen LogP contribution < -0.4 is 0 Å². The summed E-state index contributed by atoms with van der Waals surface area (Å²) in [6.07, 6.45) is 3.79. The number of hydrogen-bond donors (Lipinski definition) is 0. The van der Waals surface area contributed by atoms with Gasteiger partial charge in [0.05, 0.1) is 5.69 Å². The molecule has 0 saturated carbocycles. The van der Waals surface area contributed by atoms with Crippen molar-refractivity contribution in [3.63, 3.8) is 0 Å². The van der Waals surface area contributed by atoms with E-state index in [2.05, 4.69) is 17.2 Å². The van der Waals surface area contributed by atoms with Gasteiger partial charge in [-0.3, -0.25) is 4.68 Å². The first kappa shape index (κ1) is 7.31. The lowest BCUT2D eigenvalue weighted by molar-refractivity contribution is 0.691. The van der Waals surface area contributed by atoms with Gasteiger partial charge in [-0.1, -0.05) is 19.0 Å². The van der Waals surface area contributed by atoms with Gasteiger partial charge in [-0.2, -0.15) is 0 Å². The van der Waals surface area contributed by atoms with E-state index in [1.54, 1.807) is 0 Å². The summed E-state index contributed by atoms with van der Waals surface area (Å²) < 4.78 is 1.83. The van der Waals surface area contributed by atoms with Crippen molar-refractivity contribution < 1.29 is 0 Å². The first-order valence-corrected chi connectivity index (χ1v) is 3.53. The Balaban J connectivity index is 2.59. The molecule has 0 spiro atoms. The fourth-order valence-electron chi connectivity index (χ4n) is 0.777. The van der Waals surface area contributed by atoms with Crippen molar-refractivity contribution in [3.8, 4) is 0 Å². The minimum Gasteiger partial charge on any atom is -0.261 e. The van der Waals surface area contributed by atoms with Gasteiger partial charge in [0.25, 0.3) is 0 Å². The zero-order valence-corrected chi connectivity index (χ0v) is 6.41. The Hall–Kier alpha value is -0.795. The summed E-state index contributed by atoms with van der Waals surface area (Å²) >= 11 is 0. The SMILES string of the molecule is C[B]Cn1cc(CC)nn1. The van der Waals surface area contributed by atoms with Crippen LogP contribution in [-0.2, 0) is 12.9 Å². The highest BCUT2D eigenvalue weighted by Gasteiger charge is 1.95. The Morgan fingerprint density at radius 1 is 1.70 bits per heavy atom. The highest BCUT2D eigenvalue weighted by atomic mass is 15.4. The van der Waals surface area contributed by atoms with Crippen LogP contribution in [0.2, 0.25) is 6.82 Å². The quantitative estimate of drug-likeness (QED) is 0.568. The topological polar surface area (TPSA) is 30.7 Å². The minimum absolute atomic E-state index is 0.854. The standard InChI is InChI=1S/C6H11BN3/c1-3-6-4-10(5-7-2)9-8-6/h4H,3,5H2,1-2H3. The molecular formula is C6H11BN3. The molecule has 0 aromatic carbocycles. The first-order chi connectivity index (χ1) is 4.86. The molecule has 1 aromatic rings. The van der Waals surface area contributed by atoms with Crippen molar-refractivity contribution in [3.05, 3.63) is 11.9 Å². The molecule has 0 atom stereocenters. The molecule has 1 aromatic heterocycles. The summed E-state index contributed by atoms with van der Waals surface area (Å²) in [5, 5.41) is 7.86. The summed E-state index contributed by atoms with van der Waals surface area (Å²) in [5.74, 6) is 0. The molecule has 0 unspecified atom stereocenters. The second kappa shape index (κ2) is 3.39. The van der Waals surface area contributed by atoms with E-state index in [4.69, 9.17) is 0 Å². The molecule has 1 heterocycles. The molecule has 3 nitrogen and oxygen atoms in total. The van der Waals surface area contributed by atoms with E-state index in [9.17, 15) is 0 Å². The van der Waals surface area contributed by atoms with Gasteiger partial charge in [0.15, 0.2) is 0 Å². The highest BCUT2D eigenvalue weighted by Crippen LogP contribution is 1.91. The van der Waals surface area contributed by atoms with Crippen molar-refractivity contribution in [2.75, 3.05) is 0 Å². The molecule has 1 radical (unpaired) electrons. The van der Waals surface area contributed by atoms with E-state index in [1.165, 1.54) is 0 Å². The molecule has 1 rings (SSSR count). The summed E-state index contributed by atoms with van der Waals surface area (Å²) in [5.41, 5.74) is 1.06. The van der Waals surface area contributed by atoms with Crippen LogP contribution in [0.3, 0.4) is 0 Å². The molecule has 0 saturated heterocycles. The van der Waals surface area contributed by atoms with Crippen LogP contribution >= 0.6 is 0 Å². The van der Waals surface area contributed by atoms with Gasteiger partial charge >= 0.3 is 0 Å². The van der Waals surface area contributed by atoms with E-state index in [1.807, 2.05) is 25.0 Å². The maximum atomic E-state index is 3.95. The van der Waals surface area contributed by atoms with Crippen molar-refractivity contribution in [2.45, 2.75) is 26.6 Å². The third-order valence-electron chi connectivity index (χ3n) is 1.32. The van der Waals surface area contributed by atoms with Crippen LogP contribution in [-0.4, -0.2) is 22.3 Å². The van der Waals surface area contributed by atoms with Gasteiger partial charge in [-0.05, 0) is 6.42 Å². The van der Waals surface area contributed by atoms with E-state index in [-0.39, 0.29) is 0 Å². The lowest BCUT2D eigenvalue weighted by atomic mass is 9.83. The summed E-state index contributed by atoms with van der Waals surface area (Å²) in [7, 11) is 2.05. The van der Waals surface area contributed by atoms with Crippen LogP contribution in [0.15, 0.2) is 6.20 Å². The first-order valence-electron chi connectivity index (χ1n) is 3.53. The van der Waals surface area contributed by atoms with E-state index in [0.29, 0.717) is 0 Å². The Kier molecular flexibility index (Phi) is 2.48. The third-order valence-corrected chi connectivity index (χ3v) is 1.32. The largest absolute Gasteiger partial charge is 0.261 e. The molecule has 53 valence electrons. The van der Waals surface area contributed by atoms with Gasteiger partial charge in [-0.25, -0.2) is 0 Å². The monoisotopic (exact) mass is 136 g/mol. The van der Waals surface area contributed by atoms with E-state index in [0.717, 1.165) is 18.6 Å². The molecule has 0 amide bonds. The van der Waals surface area contributed by atoms with Crippen molar-refractivity contribution in [1.29, 1.82) is 0 Å². The lowest BCUT2D eigenvalue weighted by Gasteiger charge is -1.90. The Morgan fingerprint density at radius 3 is 3.00 bits per heavy atom. The normalized spacial score (nSPS) is 9.80. The fourth-order valence-corrected chi connectivity index (χ4v) is 0.777. The number of hydrogen-bond acceptors (Lipinski definition) is 2. The molecule has 0 aliphatic carbocycles. The van der Waals surface area contributed by atoms with Crippen molar-refractivity contribution in [1.82, 2.24) is 15.0 Å². The van der Waals surface area contributed by atoms with E-state index < -0.39 is 0 Å². The summed E-state index contributed by atoms with van der Waals surface area (Å²) in [6, 6.07) is 0. The molecule has 0 fully saturated rings. The maximum Gasteiger partial charge on any atom is 0.135 e. The molecule has 0 bridgehead atoms. The minimum atomic E-state index is 0.854. The fraction of sp³-hybridized carbons (Fsp3) is 0.667. The zero-order chi connectivity index (χ0) is 7.40. The second-order valence-corrected chi connectivity index (χ2v) is 2.19. The van der Waals surface area contributed by atoms with Gasteiger partial charge in [-0.15, -0.1) is 5.10 Å². The molecule has 0 aliphatic rings. The molecule has 0 aliphatic heterocycles. The van der Waals surface area contributed by atoms with Gasteiger partial charge in [0, 0.05) is 12.6 Å². The summed E-state index contributed by atoms with van der Waals surface area (Å²) in [4.78, 5) is 0. The second-order valence-electron chi connectivity index (χ2n) is 2.19. The van der Waals surface area contributed by atoms with E-state index >= 15 is 0 Å². The Bertz CT molecular complexity index is 197. The number of aromatic nitrogens is 3. The number of rotatable bonds is 3. The average molecular weight is 136 g/mol. The van der Waals surface area contributed by atoms with Crippen LogP contribution in [0.4, 0.5) is 0 Å². The van der Waals surface area contributed by atoms with Crippen LogP contribution in [0.1, 0.15) is 12.6 Å². The predicted molar refractivity (Wildman–Crippen MR) is 41.0 cm³/mol. The predicted octanol–water partition coefficient (Wildman–Crippen LogP) is 0.550. The Labute approximate surface area is 61.7 Å². The van der Waals surface area contributed by atoms with Gasteiger partial charge < -0.3 is 0 Å². The van der Waals surface area contributed by atoms with Gasteiger partial charge in [0.1, 0.15) is 7.28 Å². The van der Waals surface area contributed by atoms with Crippen LogP contribution in [0.5, 0.6) is 0 Å². The lowest BCUT2D eigenvalue weighted by Crippen LogP contribution is -2.02. The average Bonchev–Trinajstić information content (AvgIpc) is 2.37. The smallest absolute Gasteiger partial charge is 0.135 e. The highest BCUT2D eigenvalue weighted by molar-refractivity contribution is 6.31. The third kappa shape index (κ3) is 1.59. The van der Waals surface area contributed by atoms with Crippen LogP contribution in [0.25, 0.3) is 0 Å². The molecule has 0 N–H and O–H groups in total. The number of aryl methyl sites for hydroxylation is 1. The van der Waals surface area contributed by atoms with Crippen molar-refractivity contribution in [2.24, 2.45) is 0 Å². The number of nitrogens with zero attached hydrogens (tertiary/aromatic N) is 3.